The van der Waals surface area contributed by atoms with Gasteiger partial charge in [0.05, 0.1) is 0 Å². The van der Waals surface area contributed by atoms with E-state index < -0.39 is 24.0 Å². The first-order chi connectivity index (χ1) is 8.26. The van der Waals surface area contributed by atoms with Gasteiger partial charge in [0.15, 0.2) is 0 Å². The number of nitrogens with one attached hydrogen (secondary N) is 2. The molecule has 0 saturated heterocycles. The Morgan fingerprint density at radius 1 is 1.22 bits per heavy atom. The molecule has 0 spiro atoms. The maximum atomic E-state index is 12.0. The molecule has 0 aromatic rings. The van der Waals surface area contributed by atoms with Crippen molar-refractivity contribution in [3.8, 4) is 0 Å². The van der Waals surface area contributed by atoms with Gasteiger partial charge in [-0.2, -0.15) is 0 Å². The van der Waals surface area contributed by atoms with Gasteiger partial charge in [0.2, 0.25) is 0 Å². The van der Waals surface area contributed by atoms with E-state index in [1.165, 1.54) is 26.0 Å². The van der Waals surface area contributed by atoms with Crippen LogP contribution in [0.15, 0.2) is 0 Å². The Balaban J connectivity index is 4.96. The van der Waals surface area contributed by atoms with Crippen molar-refractivity contribution >= 4 is 45.6 Å². The summed E-state index contributed by atoms with van der Waals surface area (Å²) in [6.45, 7) is 2.19. The van der Waals surface area contributed by atoms with E-state index in [1.54, 1.807) is 6.92 Å². The average molecular weight is 314 g/mol. The second-order valence-corrected chi connectivity index (χ2v) is 10.5. The van der Waals surface area contributed by atoms with Crippen molar-refractivity contribution in [2.24, 2.45) is 5.14 Å². The van der Waals surface area contributed by atoms with Crippen LogP contribution in [-0.2, 0) is 0 Å². The summed E-state index contributed by atoms with van der Waals surface area (Å²) in [5.74, 6) is 0. The van der Waals surface area contributed by atoms with Crippen molar-refractivity contribution in [1.29, 1.82) is 0 Å². The second-order valence-electron chi connectivity index (χ2n) is 3.23. The minimum Gasteiger partial charge on any atom is -0.349 e. The fourth-order valence-corrected chi connectivity index (χ4v) is 6.82. The van der Waals surface area contributed by atoms with Gasteiger partial charge < -0.3 is 15.5 Å². The Bertz CT molecular complexity index is 340. The van der Waals surface area contributed by atoms with Crippen LogP contribution in [0, 0.1) is 0 Å². The molecule has 4 N–H and O–H groups in total. The highest BCUT2D eigenvalue weighted by atomic mass is 33.6. The Kier molecular flexibility index (Phi) is 7.52. The number of hydrogen-bond donors (Lipinski definition) is 3. The average Bonchev–Trinajstić information content (AvgIpc) is 2.27. The largest absolute Gasteiger partial charge is 0.349 e. The predicted molar refractivity (Wildman–Crippen MR) is 79.6 cm³/mol. The highest BCUT2D eigenvalue weighted by Crippen LogP contribution is 2.65. The summed E-state index contributed by atoms with van der Waals surface area (Å²) in [6.07, 6.45) is 0. The first kappa shape index (κ1) is 17.4. The SMILES string of the molecule is CCNC(=O)SS(N)(SC(=O)NC)C(=O)N(C)C. The van der Waals surface area contributed by atoms with Gasteiger partial charge in [-0.05, 0) is 6.92 Å². The summed E-state index contributed by atoms with van der Waals surface area (Å²) in [4.78, 5) is 36.2. The zero-order valence-corrected chi connectivity index (χ0v) is 13.1. The quantitative estimate of drug-likeness (QED) is 0.636. The summed E-state index contributed by atoms with van der Waals surface area (Å²) in [5, 5.41) is 9.55. The monoisotopic (exact) mass is 314 g/mol. The lowest BCUT2D eigenvalue weighted by atomic mass is 10.8. The van der Waals surface area contributed by atoms with Crippen molar-refractivity contribution < 1.29 is 14.4 Å². The first-order valence-electron chi connectivity index (χ1n) is 4.97. The minimum absolute atomic E-state index is 0.415. The van der Waals surface area contributed by atoms with E-state index in [0.29, 0.717) is 28.1 Å². The third-order valence-electron chi connectivity index (χ3n) is 1.53. The molecule has 18 heavy (non-hydrogen) atoms. The van der Waals surface area contributed by atoms with Crippen LogP contribution >= 0.6 is 29.9 Å². The van der Waals surface area contributed by atoms with Gasteiger partial charge in [0.25, 0.3) is 15.7 Å². The molecule has 0 aromatic heterocycles. The summed E-state index contributed by atoms with van der Waals surface area (Å²) < 4.78 is 0. The standard InChI is InChI=1S/C8H18N4O3S3/c1-5-11-7(14)17-18(9,8(15)12(3)4)16-6(13)10-2/h5,9H2,1-4H3,(H,10,13)(H,11,14). The van der Waals surface area contributed by atoms with Crippen LogP contribution in [-0.4, -0.2) is 48.3 Å². The highest BCUT2D eigenvalue weighted by molar-refractivity contribution is 9.32. The molecule has 106 valence electrons. The molecule has 10 heteroatoms. The summed E-state index contributed by atoms with van der Waals surface area (Å²) in [6, 6.07) is 0. The lowest BCUT2D eigenvalue weighted by Gasteiger charge is -2.31. The van der Waals surface area contributed by atoms with Crippen LogP contribution in [0.1, 0.15) is 6.92 Å². The number of nitrogens with zero attached hydrogens (tertiary/aromatic N) is 1. The van der Waals surface area contributed by atoms with E-state index in [1.807, 2.05) is 0 Å². The third-order valence-corrected chi connectivity index (χ3v) is 8.01. The molecule has 0 aliphatic rings. The number of nitrogens with two attached hydrogens (primary N) is 1. The molecule has 7 nitrogen and oxygen atoms in total. The Morgan fingerprint density at radius 3 is 2.11 bits per heavy atom. The van der Waals surface area contributed by atoms with E-state index in [2.05, 4.69) is 10.6 Å². The van der Waals surface area contributed by atoms with Gasteiger partial charge in [0, 0.05) is 57.6 Å². The second kappa shape index (κ2) is 7.77. The molecule has 3 amide bonds. The molecule has 0 radical (unpaired) electrons. The maximum Gasteiger partial charge on any atom is 0.295 e. The lowest BCUT2D eigenvalue weighted by molar-refractivity contribution is 0.241. The number of hydrogen-bond acceptors (Lipinski definition) is 6. The van der Waals surface area contributed by atoms with Gasteiger partial charge in [-0.1, -0.05) is 0 Å². The minimum atomic E-state index is -2.65. The number of carbonyl (C=O) groups excluding carboxylic acids is 3. The highest BCUT2D eigenvalue weighted by Gasteiger charge is 2.37. The van der Waals surface area contributed by atoms with Crippen molar-refractivity contribution in [3.63, 3.8) is 0 Å². The van der Waals surface area contributed by atoms with Crippen molar-refractivity contribution in [2.45, 2.75) is 6.92 Å². The van der Waals surface area contributed by atoms with Gasteiger partial charge in [-0.25, -0.2) is 0 Å². The van der Waals surface area contributed by atoms with E-state index in [4.69, 9.17) is 5.14 Å². The van der Waals surface area contributed by atoms with Crippen LogP contribution in [0.2, 0.25) is 0 Å². The molecule has 0 heterocycles. The zero-order valence-electron chi connectivity index (χ0n) is 10.7. The van der Waals surface area contributed by atoms with Crippen molar-refractivity contribution in [1.82, 2.24) is 15.5 Å². The number of rotatable bonds is 1. The Hall–Kier alpha value is -0.580. The maximum absolute atomic E-state index is 12.0. The smallest absolute Gasteiger partial charge is 0.295 e. The van der Waals surface area contributed by atoms with Crippen LogP contribution in [0.5, 0.6) is 0 Å². The molecule has 1 atom stereocenters. The molecular formula is C8H18N4O3S3. The van der Waals surface area contributed by atoms with Crippen molar-refractivity contribution in [2.75, 3.05) is 27.7 Å². The Labute approximate surface area is 115 Å². The van der Waals surface area contributed by atoms with E-state index in [9.17, 15) is 14.4 Å². The molecule has 0 fully saturated rings. The van der Waals surface area contributed by atoms with Gasteiger partial charge in [-0.15, -0.1) is 0 Å². The summed E-state index contributed by atoms with van der Waals surface area (Å²) in [7, 11) is 3.17. The third kappa shape index (κ3) is 5.38. The Morgan fingerprint density at radius 2 is 1.72 bits per heavy atom. The van der Waals surface area contributed by atoms with Crippen LogP contribution in [0.25, 0.3) is 0 Å². The van der Waals surface area contributed by atoms with Crippen LogP contribution in [0.3, 0.4) is 0 Å². The van der Waals surface area contributed by atoms with E-state index in [0.717, 1.165) is 0 Å². The van der Waals surface area contributed by atoms with E-state index in [-0.39, 0.29) is 0 Å². The normalized spacial score (nSPS) is 15.2. The number of carbonyl (C=O) groups is 3. The fourth-order valence-electron chi connectivity index (χ4n) is 0.783. The molecular weight excluding hydrogens is 296 g/mol. The molecule has 0 rings (SSSR count). The first-order valence-corrected chi connectivity index (χ1v) is 9.34. The van der Waals surface area contributed by atoms with E-state index >= 15 is 0 Å². The molecule has 1 unspecified atom stereocenters. The topological polar surface area (TPSA) is 105 Å². The predicted octanol–water partition coefficient (Wildman–Crippen LogP) is 1.71. The van der Waals surface area contributed by atoms with Gasteiger partial charge >= 0.3 is 0 Å². The van der Waals surface area contributed by atoms with Crippen LogP contribution in [0.4, 0.5) is 14.4 Å². The van der Waals surface area contributed by atoms with Crippen molar-refractivity contribution in [3.05, 3.63) is 0 Å². The van der Waals surface area contributed by atoms with Gasteiger partial charge in [0.1, 0.15) is 0 Å². The molecule has 0 aliphatic carbocycles. The molecule has 0 bridgehead atoms. The van der Waals surface area contributed by atoms with Gasteiger partial charge in [-0.3, -0.25) is 19.5 Å². The molecule has 0 aliphatic heterocycles. The van der Waals surface area contributed by atoms with Crippen LogP contribution < -0.4 is 15.8 Å². The molecule has 0 saturated carbocycles. The fraction of sp³-hybridized carbons (Fsp3) is 0.625. The summed E-state index contributed by atoms with van der Waals surface area (Å²) >= 11 is 0. The molecule has 0 aromatic carbocycles. The lowest BCUT2D eigenvalue weighted by Crippen LogP contribution is -2.31. The summed E-state index contributed by atoms with van der Waals surface area (Å²) in [5.41, 5.74) is 0. The number of amides is 3. The zero-order chi connectivity index (χ0) is 14.3.